The summed E-state index contributed by atoms with van der Waals surface area (Å²) in [4.78, 5) is 57.7. The maximum Gasteiger partial charge on any atom is 0.329 e. The number of hydrogen-bond acceptors (Lipinski definition) is 11. The van der Waals surface area contributed by atoms with Crippen LogP contribution >= 0.6 is 0 Å². The lowest BCUT2D eigenvalue weighted by Gasteiger charge is -2.47. The number of ether oxygens (including phenoxy) is 4. The van der Waals surface area contributed by atoms with E-state index in [2.05, 4.69) is 19.9 Å². The number of nitrogens with zero attached hydrogens (tertiary/aromatic N) is 1. The van der Waals surface area contributed by atoms with Crippen LogP contribution in [0.1, 0.15) is 119 Å². The largest absolute Gasteiger partial charge is 0.455 e. The highest BCUT2D eigenvalue weighted by molar-refractivity contribution is 6.39. The van der Waals surface area contributed by atoms with Gasteiger partial charge < -0.3 is 39.8 Å². The third-order valence-corrected chi connectivity index (χ3v) is 14.0. The maximum absolute atomic E-state index is 14.3. The van der Waals surface area contributed by atoms with E-state index in [1.54, 1.807) is 21.1 Å². The Labute approximate surface area is 334 Å². The molecule has 1 amide bonds. The van der Waals surface area contributed by atoms with Gasteiger partial charge in [0.2, 0.25) is 5.79 Å². The number of piperidine rings is 1. The van der Waals surface area contributed by atoms with E-state index in [1.165, 1.54) is 11.3 Å². The smallest absolute Gasteiger partial charge is 0.329 e. The van der Waals surface area contributed by atoms with E-state index < -0.39 is 72.0 Å². The van der Waals surface area contributed by atoms with Gasteiger partial charge in [-0.2, -0.15) is 0 Å². The molecule has 3 heterocycles. The molecule has 15 atom stereocenters. The minimum absolute atomic E-state index is 0.00667. The van der Waals surface area contributed by atoms with E-state index in [0.29, 0.717) is 61.0 Å². The lowest BCUT2D eigenvalue weighted by atomic mass is 9.80. The third kappa shape index (κ3) is 9.69. The van der Waals surface area contributed by atoms with Gasteiger partial charge >= 0.3 is 5.97 Å². The molecule has 2 aliphatic carbocycles. The molecule has 0 aromatic rings. The molecule has 12 nitrogen and oxygen atoms in total. The second-order valence-corrected chi connectivity index (χ2v) is 18.2. The number of Topliss-reactive ketones (excluding diaryl/α,β-unsaturated/α-hetero) is 2. The number of carbonyl (C=O) groups is 4. The summed E-state index contributed by atoms with van der Waals surface area (Å²) >= 11 is 0. The summed E-state index contributed by atoms with van der Waals surface area (Å²) in [6.07, 6.45) is 7.28. The molecule has 4 N–H and O–H groups in total. The molecule has 316 valence electrons. The standard InChI is InChI=1S/C44H70N2O10/c1-9-29-17-24(2)16-25(3)18-36(53-7)40-37(54-8)20-28(6)44(52,56-40)41(49)42(50)46-15-11-10-12-33(46)43(51)55-39(38(45)35(48)23-34(29)47)27(5)19-32-22-31-21-30(32)14-13-26(31)4/h17,19,24-26,28,30-33,35-40,48,52H,9-16,18,20-23,45H2,1-8H3/b27-19?,29-17+. The number of carbonyl (C=O) groups excluding carboxylic acids is 4. The summed E-state index contributed by atoms with van der Waals surface area (Å²) < 4.78 is 24.2. The number of methoxy groups -OCH3 is 2. The van der Waals surface area contributed by atoms with Crippen molar-refractivity contribution in [2.75, 3.05) is 20.8 Å². The quantitative estimate of drug-likeness (QED) is 0.193. The van der Waals surface area contributed by atoms with Crippen molar-refractivity contribution in [1.82, 2.24) is 4.90 Å². The minimum Gasteiger partial charge on any atom is -0.455 e. The van der Waals surface area contributed by atoms with Gasteiger partial charge in [0.25, 0.3) is 11.7 Å². The van der Waals surface area contributed by atoms with Gasteiger partial charge in [-0.25, -0.2) is 4.79 Å². The van der Waals surface area contributed by atoms with Crippen LogP contribution in [0.3, 0.4) is 0 Å². The van der Waals surface area contributed by atoms with Gasteiger partial charge in [-0.05, 0) is 118 Å². The highest BCUT2D eigenvalue weighted by atomic mass is 16.7. The minimum atomic E-state index is -2.49. The highest BCUT2D eigenvalue weighted by Gasteiger charge is 2.56. The topological polar surface area (TPSA) is 175 Å². The van der Waals surface area contributed by atoms with E-state index in [0.717, 1.165) is 19.3 Å². The molecule has 4 fully saturated rings. The number of hydrogen-bond donors (Lipinski definition) is 3. The van der Waals surface area contributed by atoms with Gasteiger partial charge in [-0.1, -0.05) is 53.2 Å². The first-order valence-electron chi connectivity index (χ1n) is 21.4. The number of nitrogens with two attached hydrogens (primary N) is 1. The number of esters is 1. The van der Waals surface area contributed by atoms with Crippen molar-refractivity contribution in [3.8, 4) is 0 Å². The lowest BCUT2D eigenvalue weighted by molar-refractivity contribution is -0.302. The average molecular weight is 787 g/mol. The molecular formula is C44H70N2O10. The number of amides is 1. The molecule has 0 radical (unpaired) electrons. The van der Waals surface area contributed by atoms with Crippen molar-refractivity contribution in [3.05, 3.63) is 23.3 Å². The summed E-state index contributed by atoms with van der Waals surface area (Å²) in [6.45, 7) is 11.9. The molecular weight excluding hydrogens is 716 g/mol. The maximum atomic E-state index is 14.3. The SMILES string of the molecule is CC/C1=C\C(C)CC(C)CC(OC)C2OC(O)(C(=O)C(=O)N3CCCCC3C(=O)OC(C(C)=CC3CC4CC3CCC4C)C(N)C(O)CC1=O)C(C)CC2OC. The first-order chi connectivity index (χ1) is 26.5. The normalized spacial score (nSPS) is 43.7. The molecule has 0 aromatic carbocycles. The zero-order valence-electron chi connectivity index (χ0n) is 35.1. The van der Waals surface area contributed by atoms with Crippen LogP contribution in [0.2, 0.25) is 0 Å². The van der Waals surface area contributed by atoms with Crippen molar-refractivity contribution in [2.24, 2.45) is 47.2 Å². The Morgan fingerprint density at radius 2 is 1.66 bits per heavy atom. The predicted octanol–water partition coefficient (Wildman–Crippen LogP) is 5.06. The first kappa shape index (κ1) is 44.6. The van der Waals surface area contributed by atoms with Crippen LogP contribution < -0.4 is 5.73 Å². The van der Waals surface area contributed by atoms with Gasteiger partial charge in [-0.15, -0.1) is 0 Å². The molecule has 5 aliphatic rings. The Balaban J connectivity index is 1.53. The second-order valence-electron chi connectivity index (χ2n) is 18.2. The van der Waals surface area contributed by atoms with E-state index in [9.17, 15) is 29.4 Å². The Morgan fingerprint density at radius 1 is 0.964 bits per heavy atom. The van der Waals surface area contributed by atoms with Crippen LogP contribution in [-0.2, 0) is 38.1 Å². The highest BCUT2D eigenvalue weighted by Crippen LogP contribution is 2.49. The summed E-state index contributed by atoms with van der Waals surface area (Å²) in [7, 11) is 3.08. The average Bonchev–Trinajstić information content (AvgIpc) is 3.51. The summed E-state index contributed by atoms with van der Waals surface area (Å²) in [5, 5.41) is 23.6. The van der Waals surface area contributed by atoms with Gasteiger partial charge in [0, 0.05) is 33.1 Å². The molecule has 4 bridgehead atoms. The van der Waals surface area contributed by atoms with Crippen LogP contribution in [0.5, 0.6) is 0 Å². The number of allylic oxidation sites excluding steroid dienone is 3. The molecule has 3 aliphatic heterocycles. The van der Waals surface area contributed by atoms with E-state index in [-0.39, 0.29) is 49.3 Å². The van der Waals surface area contributed by atoms with E-state index >= 15 is 0 Å². The van der Waals surface area contributed by atoms with Crippen LogP contribution in [0.4, 0.5) is 0 Å². The van der Waals surface area contributed by atoms with Crippen molar-refractivity contribution in [3.63, 3.8) is 0 Å². The monoisotopic (exact) mass is 787 g/mol. The molecule has 56 heavy (non-hydrogen) atoms. The predicted molar refractivity (Wildman–Crippen MR) is 211 cm³/mol. The Bertz CT molecular complexity index is 1480. The third-order valence-electron chi connectivity index (χ3n) is 14.0. The van der Waals surface area contributed by atoms with Crippen molar-refractivity contribution in [2.45, 2.75) is 167 Å². The Morgan fingerprint density at radius 3 is 2.32 bits per heavy atom. The molecule has 5 rings (SSSR count). The van der Waals surface area contributed by atoms with Crippen molar-refractivity contribution >= 4 is 23.4 Å². The Hall–Kier alpha value is -2.48. The number of aliphatic hydroxyl groups is 2. The van der Waals surface area contributed by atoms with E-state index in [1.807, 2.05) is 26.8 Å². The summed E-state index contributed by atoms with van der Waals surface area (Å²) in [6, 6.07) is -2.26. The molecule has 2 saturated carbocycles. The fourth-order valence-corrected chi connectivity index (χ4v) is 10.6. The second kappa shape index (κ2) is 19.1. The molecule has 2 saturated heterocycles. The number of ketones is 2. The molecule has 12 heteroatoms. The van der Waals surface area contributed by atoms with Crippen molar-refractivity contribution < 1.29 is 48.3 Å². The van der Waals surface area contributed by atoms with Gasteiger partial charge in [0.05, 0.1) is 24.4 Å². The van der Waals surface area contributed by atoms with Gasteiger partial charge in [0.15, 0.2) is 5.78 Å². The zero-order chi connectivity index (χ0) is 41.1. The fraction of sp³-hybridized carbons (Fsp3) is 0.818. The first-order valence-corrected chi connectivity index (χ1v) is 21.4. The summed E-state index contributed by atoms with van der Waals surface area (Å²) in [5.74, 6) is -4.28. The Kier molecular flexibility index (Phi) is 15.2. The molecule has 0 aromatic heterocycles. The van der Waals surface area contributed by atoms with Crippen LogP contribution in [0.25, 0.3) is 0 Å². The molecule has 0 spiro atoms. The van der Waals surface area contributed by atoms with Crippen LogP contribution in [0.15, 0.2) is 23.3 Å². The zero-order valence-corrected chi connectivity index (χ0v) is 35.1. The molecule has 15 unspecified atom stereocenters. The van der Waals surface area contributed by atoms with Crippen LogP contribution in [0, 0.1) is 41.4 Å². The number of aliphatic hydroxyl groups excluding tert-OH is 1. The number of cyclic esters (lactones) is 1. The summed E-state index contributed by atoms with van der Waals surface area (Å²) in [5.41, 5.74) is 8.10. The van der Waals surface area contributed by atoms with Crippen LogP contribution in [-0.4, -0.2) is 108 Å². The number of rotatable bonds is 5. The number of fused-ring (bicyclic) bond motifs is 5. The van der Waals surface area contributed by atoms with Gasteiger partial charge in [-0.3, -0.25) is 14.4 Å². The lowest BCUT2D eigenvalue weighted by Crippen LogP contribution is -2.64. The van der Waals surface area contributed by atoms with E-state index in [4.69, 9.17) is 24.7 Å². The van der Waals surface area contributed by atoms with Crippen molar-refractivity contribution in [1.29, 1.82) is 0 Å². The van der Waals surface area contributed by atoms with Gasteiger partial charge in [0.1, 0.15) is 18.2 Å². The fourth-order valence-electron chi connectivity index (χ4n) is 10.6.